The minimum atomic E-state index is -4.74. The van der Waals surface area contributed by atoms with Gasteiger partial charge in [0.25, 0.3) is 0 Å². The predicted octanol–water partition coefficient (Wildman–Crippen LogP) is 3.01. The van der Waals surface area contributed by atoms with Crippen LogP contribution in [-0.2, 0) is 4.74 Å². The molecule has 116 valence electrons. The summed E-state index contributed by atoms with van der Waals surface area (Å²) in [6.45, 7) is 0. The van der Waals surface area contributed by atoms with Crippen molar-refractivity contribution in [3.8, 4) is 5.75 Å². The molecule has 1 aromatic rings. The molecular weight excluding hydrogens is 289 g/mol. The molecule has 1 amide bonds. The fraction of sp³-hybridized carbons (Fsp3) is 0.462. The van der Waals surface area contributed by atoms with Crippen LogP contribution in [0.2, 0.25) is 0 Å². The van der Waals surface area contributed by atoms with Crippen molar-refractivity contribution in [2.75, 3.05) is 5.32 Å². The van der Waals surface area contributed by atoms with E-state index in [-0.39, 0.29) is 17.9 Å². The molecule has 0 saturated heterocycles. The second-order valence-corrected chi connectivity index (χ2v) is 4.74. The van der Waals surface area contributed by atoms with Gasteiger partial charge in [0.15, 0.2) is 0 Å². The molecule has 1 saturated carbocycles. The lowest BCUT2D eigenvalue weighted by Crippen LogP contribution is -2.34. The van der Waals surface area contributed by atoms with Crippen molar-refractivity contribution >= 4 is 11.8 Å². The molecule has 0 spiro atoms. The summed E-state index contributed by atoms with van der Waals surface area (Å²) in [5.41, 5.74) is 6.08. The van der Waals surface area contributed by atoms with Crippen molar-refractivity contribution in [2.24, 2.45) is 5.73 Å². The van der Waals surface area contributed by atoms with Gasteiger partial charge in [-0.3, -0.25) is 5.32 Å². The molecule has 2 unspecified atom stereocenters. The van der Waals surface area contributed by atoms with Gasteiger partial charge >= 0.3 is 12.5 Å². The molecule has 2 rings (SSSR count). The lowest BCUT2D eigenvalue weighted by atomic mass is 10.2. The second kappa shape index (κ2) is 6.21. The van der Waals surface area contributed by atoms with Crippen LogP contribution in [0.3, 0.4) is 0 Å². The molecule has 0 aromatic heterocycles. The zero-order valence-corrected chi connectivity index (χ0v) is 11.0. The van der Waals surface area contributed by atoms with Crippen LogP contribution in [0.4, 0.5) is 23.7 Å². The summed E-state index contributed by atoms with van der Waals surface area (Å²) < 4.78 is 44.9. The molecule has 1 aliphatic carbocycles. The molecule has 0 bridgehead atoms. The number of benzene rings is 1. The van der Waals surface area contributed by atoms with Crippen LogP contribution >= 0.6 is 0 Å². The Hall–Kier alpha value is -1.96. The van der Waals surface area contributed by atoms with Crippen molar-refractivity contribution in [1.82, 2.24) is 0 Å². The lowest BCUT2D eigenvalue weighted by molar-refractivity contribution is -0.274. The summed E-state index contributed by atoms with van der Waals surface area (Å²) in [7, 11) is 0. The van der Waals surface area contributed by atoms with Gasteiger partial charge in [-0.15, -0.1) is 13.2 Å². The number of rotatable bonds is 3. The van der Waals surface area contributed by atoms with E-state index in [4.69, 9.17) is 10.5 Å². The molecule has 0 heterocycles. The van der Waals surface area contributed by atoms with E-state index in [0.717, 1.165) is 25.0 Å². The molecule has 1 aliphatic rings. The van der Waals surface area contributed by atoms with Crippen LogP contribution in [0.5, 0.6) is 5.75 Å². The summed E-state index contributed by atoms with van der Waals surface area (Å²) in [4.78, 5) is 11.6. The Morgan fingerprint density at radius 1 is 1.24 bits per heavy atom. The van der Waals surface area contributed by atoms with Gasteiger partial charge < -0.3 is 15.2 Å². The Morgan fingerprint density at radius 3 is 2.43 bits per heavy atom. The van der Waals surface area contributed by atoms with Gasteiger partial charge in [-0.05, 0) is 43.5 Å². The third-order valence-electron chi connectivity index (χ3n) is 3.10. The van der Waals surface area contributed by atoms with Gasteiger partial charge in [-0.25, -0.2) is 4.79 Å². The summed E-state index contributed by atoms with van der Waals surface area (Å²) in [6.07, 6.45) is -3.32. The Balaban J connectivity index is 1.86. The fourth-order valence-corrected chi connectivity index (χ4v) is 2.13. The zero-order valence-electron chi connectivity index (χ0n) is 11.0. The number of halogens is 3. The minimum absolute atomic E-state index is 0.168. The minimum Gasteiger partial charge on any atom is -0.444 e. The van der Waals surface area contributed by atoms with Gasteiger partial charge in [0.1, 0.15) is 11.9 Å². The van der Waals surface area contributed by atoms with E-state index in [1.54, 1.807) is 0 Å². The molecule has 5 nitrogen and oxygen atoms in total. The molecule has 0 radical (unpaired) electrons. The van der Waals surface area contributed by atoms with Gasteiger partial charge in [-0.2, -0.15) is 0 Å². The van der Waals surface area contributed by atoms with Crippen LogP contribution < -0.4 is 15.8 Å². The summed E-state index contributed by atoms with van der Waals surface area (Å²) >= 11 is 0. The Morgan fingerprint density at radius 2 is 1.90 bits per heavy atom. The summed E-state index contributed by atoms with van der Waals surface area (Å²) in [6, 6.07) is 4.61. The SMILES string of the molecule is NC1CCCC1OC(=O)Nc1ccc(OC(F)(F)F)cc1. The van der Waals surface area contributed by atoms with Crippen molar-refractivity contribution in [3.05, 3.63) is 24.3 Å². The average molecular weight is 304 g/mol. The van der Waals surface area contributed by atoms with E-state index >= 15 is 0 Å². The Labute approximate surface area is 119 Å². The molecule has 2 atom stereocenters. The van der Waals surface area contributed by atoms with Crippen molar-refractivity contribution in [3.63, 3.8) is 0 Å². The highest BCUT2D eigenvalue weighted by Crippen LogP contribution is 2.24. The third-order valence-corrected chi connectivity index (χ3v) is 3.10. The lowest BCUT2D eigenvalue weighted by Gasteiger charge is -2.16. The zero-order chi connectivity index (χ0) is 15.5. The van der Waals surface area contributed by atoms with Crippen LogP contribution in [0.1, 0.15) is 19.3 Å². The number of carbonyl (C=O) groups excluding carboxylic acids is 1. The molecule has 1 fully saturated rings. The average Bonchev–Trinajstić information content (AvgIpc) is 2.76. The molecule has 0 aliphatic heterocycles. The number of alkyl halides is 3. The second-order valence-electron chi connectivity index (χ2n) is 4.74. The van der Waals surface area contributed by atoms with Crippen molar-refractivity contribution in [2.45, 2.75) is 37.8 Å². The normalized spacial score (nSPS) is 21.9. The smallest absolute Gasteiger partial charge is 0.444 e. The highest BCUT2D eigenvalue weighted by molar-refractivity contribution is 5.84. The number of hydrogen-bond donors (Lipinski definition) is 2. The van der Waals surface area contributed by atoms with Crippen LogP contribution in [0.25, 0.3) is 0 Å². The molecule has 3 N–H and O–H groups in total. The maximum absolute atomic E-state index is 12.0. The van der Waals surface area contributed by atoms with E-state index < -0.39 is 12.5 Å². The number of carbonyl (C=O) groups is 1. The Kier molecular flexibility index (Phi) is 4.56. The van der Waals surface area contributed by atoms with E-state index in [1.807, 2.05) is 0 Å². The van der Waals surface area contributed by atoms with Gasteiger partial charge in [0.2, 0.25) is 0 Å². The first-order valence-corrected chi connectivity index (χ1v) is 6.42. The molecular formula is C13H15F3N2O3. The predicted molar refractivity (Wildman–Crippen MR) is 68.8 cm³/mol. The standard InChI is InChI=1S/C13H15F3N2O3/c14-13(15,16)21-9-6-4-8(5-7-9)18-12(19)20-11-3-1-2-10(11)17/h4-7,10-11H,1-3,17H2,(H,18,19). The fourth-order valence-electron chi connectivity index (χ4n) is 2.13. The maximum Gasteiger partial charge on any atom is 0.573 e. The summed E-state index contributed by atoms with van der Waals surface area (Å²) in [5.74, 6) is -0.362. The highest BCUT2D eigenvalue weighted by Gasteiger charge is 2.31. The van der Waals surface area contributed by atoms with Gasteiger partial charge in [-0.1, -0.05) is 0 Å². The monoisotopic (exact) mass is 304 g/mol. The molecule has 8 heteroatoms. The first kappa shape index (κ1) is 15.4. The van der Waals surface area contributed by atoms with E-state index in [2.05, 4.69) is 10.1 Å². The highest BCUT2D eigenvalue weighted by atomic mass is 19.4. The number of amides is 1. The van der Waals surface area contributed by atoms with E-state index in [9.17, 15) is 18.0 Å². The van der Waals surface area contributed by atoms with Crippen molar-refractivity contribution < 1.29 is 27.4 Å². The van der Waals surface area contributed by atoms with Crippen LogP contribution in [0.15, 0.2) is 24.3 Å². The third kappa shape index (κ3) is 4.82. The molecule has 1 aromatic carbocycles. The van der Waals surface area contributed by atoms with Crippen LogP contribution in [0, 0.1) is 0 Å². The van der Waals surface area contributed by atoms with E-state index in [0.29, 0.717) is 12.1 Å². The first-order chi connectivity index (χ1) is 9.83. The first-order valence-electron chi connectivity index (χ1n) is 6.42. The van der Waals surface area contributed by atoms with Crippen LogP contribution in [-0.4, -0.2) is 24.6 Å². The maximum atomic E-state index is 12.0. The van der Waals surface area contributed by atoms with Crippen molar-refractivity contribution in [1.29, 1.82) is 0 Å². The Bertz CT molecular complexity index is 490. The van der Waals surface area contributed by atoms with E-state index in [1.165, 1.54) is 12.1 Å². The van der Waals surface area contributed by atoms with Gasteiger partial charge in [0.05, 0.1) is 0 Å². The number of ether oxygens (including phenoxy) is 2. The topological polar surface area (TPSA) is 73.6 Å². The van der Waals surface area contributed by atoms with Gasteiger partial charge in [0, 0.05) is 11.7 Å². The number of nitrogens with two attached hydrogens (primary N) is 1. The number of anilines is 1. The number of hydrogen-bond acceptors (Lipinski definition) is 4. The molecule has 21 heavy (non-hydrogen) atoms. The largest absolute Gasteiger partial charge is 0.573 e. The summed E-state index contributed by atoms with van der Waals surface area (Å²) in [5, 5.41) is 2.43. The quantitative estimate of drug-likeness (QED) is 0.900. The number of nitrogens with one attached hydrogen (secondary N) is 1.